The smallest absolute Gasteiger partial charge is 0.308 e. The van der Waals surface area contributed by atoms with Gasteiger partial charge in [-0.15, -0.1) is 0 Å². The highest BCUT2D eigenvalue weighted by Crippen LogP contribution is 2.08. The molecule has 4 heteroatoms. The van der Waals surface area contributed by atoms with E-state index in [0.29, 0.717) is 12.0 Å². The molecule has 1 aromatic rings. The van der Waals surface area contributed by atoms with Crippen LogP contribution in [0.2, 0.25) is 0 Å². The van der Waals surface area contributed by atoms with Crippen LogP contribution < -0.4 is 5.32 Å². The third-order valence-corrected chi connectivity index (χ3v) is 2.80. The molecule has 1 amide bonds. The van der Waals surface area contributed by atoms with Gasteiger partial charge in [0.1, 0.15) is 0 Å². The van der Waals surface area contributed by atoms with Crippen LogP contribution in [0.1, 0.15) is 36.5 Å². The SMILES string of the molecule is CCCCC(CNC(=O)c1ccccc1)C(=O)O. The number of carboxylic acids is 1. The lowest BCUT2D eigenvalue weighted by Gasteiger charge is -2.12. The van der Waals surface area contributed by atoms with Gasteiger partial charge in [-0.3, -0.25) is 9.59 Å². The number of amides is 1. The highest BCUT2D eigenvalue weighted by atomic mass is 16.4. The van der Waals surface area contributed by atoms with Gasteiger partial charge in [-0.25, -0.2) is 0 Å². The molecule has 0 aliphatic carbocycles. The zero-order valence-corrected chi connectivity index (χ0v) is 10.6. The van der Waals surface area contributed by atoms with Gasteiger partial charge in [-0.2, -0.15) is 0 Å². The molecule has 0 aliphatic heterocycles. The van der Waals surface area contributed by atoms with Gasteiger partial charge < -0.3 is 10.4 Å². The minimum absolute atomic E-state index is 0.184. The Morgan fingerprint density at radius 3 is 2.50 bits per heavy atom. The van der Waals surface area contributed by atoms with E-state index in [1.807, 2.05) is 13.0 Å². The van der Waals surface area contributed by atoms with E-state index in [4.69, 9.17) is 5.11 Å². The molecule has 0 aromatic heterocycles. The second-order valence-corrected chi connectivity index (χ2v) is 4.25. The van der Waals surface area contributed by atoms with Gasteiger partial charge in [0.2, 0.25) is 0 Å². The van der Waals surface area contributed by atoms with E-state index in [-0.39, 0.29) is 12.5 Å². The molecule has 0 saturated carbocycles. The Morgan fingerprint density at radius 2 is 1.94 bits per heavy atom. The number of benzene rings is 1. The molecule has 1 aromatic carbocycles. The standard InChI is InChI=1S/C14H19NO3/c1-2-3-7-12(14(17)18)10-15-13(16)11-8-5-4-6-9-11/h4-6,8-9,12H,2-3,7,10H2,1H3,(H,15,16)(H,17,18). The van der Waals surface area contributed by atoms with Crippen molar-refractivity contribution in [3.05, 3.63) is 35.9 Å². The Hall–Kier alpha value is -1.84. The van der Waals surface area contributed by atoms with Crippen LogP contribution in [0.4, 0.5) is 0 Å². The summed E-state index contributed by atoms with van der Waals surface area (Å²) in [7, 11) is 0. The van der Waals surface area contributed by atoms with Gasteiger partial charge in [0.15, 0.2) is 0 Å². The van der Waals surface area contributed by atoms with Crippen LogP contribution in [-0.4, -0.2) is 23.5 Å². The van der Waals surface area contributed by atoms with Crippen molar-refractivity contribution < 1.29 is 14.7 Å². The van der Waals surface area contributed by atoms with Crippen molar-refractivity contribution in [2.24, 2.45) is 5.92 Å². The molecule has 1 rings (SSSR count). The van der Waals surface area contributed by atoms with Crippen LogP contribution in [0, 0.1) is 5.92 Å². The Labute approximate surface area is 107 Å². The monoisotopic (exact) mass is 249 g/mol. The highest BCUT2D eigenvalue weighted by Gasteiger charge is 2.17. The van der Waals surface area contributed by atoms with Gasteiger partial charge in [-0.1, -0.05) is 38.0 Å². The molecule has 98 valence electrons. The number of nitrogens with one attached hydrogen (secondary N) is 1. The van der Waals surface area contributed by atoms with E-state index in [0.717, 1.165) is 12.8 Å². The zero-order chi connectivity index (χ0) is 13.4. The number of unbranched alkanes of at least 4 members (excludes halogenated alkanes) is 1. The molecule has 1 atom stereocenters. The third kappa shape index (κ3) is 4.57. The molecule has 1 unspecified atom stereocenters. The van der Waals surface area contributed by atoms with E-state index in [1.54, 1.807) is 24.3 Å². The molecule has 0 bridgehead atoms. The summed E-state index contributed by atoms with van der Waals surface area (Å²) in [5, 5.41) is 11.7. The summed E-state index contributed by atoms with van der Waals surface area (Å²) in [6.45, 7) is 2.20. The maximum Gasteiger partial charge on any atom is 0.308 e. The van der Waals surface area contributed by atoms with Crippen LogP contribution in [-0.2, 0) is 4.79 Å². The van der Waals surface area contributed by atoms with Crippen LogP contribution in [0.25, 0.3) is 0 Å². The van der Waals surface area contributed by atoms with Gasteiger partial charge in [0, 0.05) is 12.1 Å². The number of rotatable bonds is 7. The maximum atomic E-state index is 11.7. The predicted molar refractivity (Wildman–Crippen MR) is 69.4 cm³/mol. The van der Waals surface area contributed by atoms with Crippen molar-refractivity contribution in [2.75, 3.05) is 6.54 Å². The van der Waals surface area contributed by atoms with E-state index in [2.05, 4.69) is 5.32 Å². The van der Waals surface area contributed by atoms with Crippen molar-refractivity contribution >= 4 is 11.9 Å². The predicted octanol–water partition coefficient (Wildman–Crippen LogP) is 2.31. The van der Waals surface area contributed by atoms with Crippen molar-refractivity contribution in [3.63, 3.8) is 0 Å². The summed E-state index contributed by atoms with van der Waals surface area (Å²) >= 11 is 0. The van der Waals surface area contributed by atoms with Gasteiger partial charge in [-0.05, 0) is 18.6 Å². The summed E-state index contributed by atoms with van der Waals surface area (Å²) in [5.41, 5.74) is 0.553. The number of carbonyl (C=O) groups is 2. The quantitative estimate of drug-likeness (QED) is 0.779. The minimum atomic E-state index is -0.850. The van der Waals surface area contributed by atoms with E-state index in [1.165, 1.54) is 0 Å². The third-order valence-electron chi connectivity index (χ3n) is 2.80. The van der Waals surface area contributed by atoms with Crippen molar-refractivity contribution in [1.82, 2.24) is 5.32 Å². The van der Waals surface area contributed by atoms with E-state index in [9.17, 15) is 9.59 Å². The first-order valence-electron chi connectivity index (χ1n) is 6.21. The Bertz CT molecular complexity index is 389. The van der Waals surface area contributed by atoms with Gasteiger partial charge >= 0.3 is 5.97 Å². The van der Waals surface area contributed by atoms with Crippen LogP contribution in [0.3, 0.4) is 0 Å². The summed E-state index contributed by atoms with van der Waals surface area (Å²) in [4.78, 5) is 22.7. The number of hydrogen-bond donors (Lipinski definition) is 2. The first-order valence-corrected chi connectivity index (χ1v) is 6.21. The molecule has 4 nitrogen and oxygen atoms in total. The minimum Gasteiger partial charge on any atom is -0.481 e. The summed E-state index contributed by atoms with van der Waals surface area (Å²) in [6, 6.07) is 8.80. The largest absolute Gasteiger partial charge is 0.481 e. The van der Waals surface area contributed by atoms with Crippen molar-refractivity contribution in [1.29, 1.82) is 0 Å². The lowest BCUT2D eigenvalue weighted by atomic mass is 10.0. The summed E-state index contributed by atoms with van der Waals surface area (Å²) < 4.78 is 0. The molecule has 18 heavy (non-hydrogen) atoms. The van der Waals surface area contributed by atoms with Crippen LogP contribution >= 0.6 is 0 Å². The Balaban J connectivity index is 2.47. The average molecular weight is 249 g/mol. The highest BCUT2D eigenvalue weighted by molar-refractivity contribution is 5.94. The maximum absolute atomic E-state index is 11.7. The number of aliphatic carboxylic acids is 1. The molecule has 0 radical (unpaired) electrons. The fourth-order valence-corrected chi connectivity index (χ4v) is 1.67. The van der Waals surface area contributed by atoms with Crippen molar-refractivity contribution in [2.45, 2.75) is 26.2 Å². The molecule has 0 heterocycles. The molecule has 0 aliphatic rings. The molecule has 0 fully saturated rings. The lowest BCUT2D eigenvalue weighted by Crippen LogP contribution is -2.32. The number of hydrogen-bond acceptors (Lipinski definition) is 2. The topological polar surface area (TPSA) is 66.4 Å². The number of carbonyl (C=O) groups excluding carboxylic acids is 1. The molecule has 0 saturated heterocycles. The fourth-order valence-electron chi connectivity index (χ4n) is 1.67. The molecular formula is C14H19NO3. The first kappa shape index (κ1) is 14.2. The summed E-state index contributed by atoms with van der Waals surface area (Å²) in [6.07, 6.45) is 2.41. The Morgan fingerprint density at radius 1 is 1.28 bits per heavy atom. The van der Waals surface area contributed by atoms with E-state index < -0.39 is 11.9 Å². The second-order valence-electron chi connectivity index (χ2n) is 4.25. The Kier molecular flexibility index (Phi) is 5.91. The molecule has 0 spiro atoms. The average Bonchev–Trinajstić information content (AvgIpc) is 2.39. The van der Waals surface area contributed by atoms with Gasteiger partial charge in [0.25, 0.3) is 5.91 Å². The summed E-state index contributed by atoms with van der Waals surface area (Å²) in [5.74, 6) is -1.58. The second kappa shape index (κ2) is 7.48. The number of carboxylic acid groups (broad SMARTS) is 1. The molecular weight excluding hydrogens is 230 g/mol. The lowest BCUT2D eigenvalue weighted by molar-refractivity contribution is -0.141. The first-order chi connectivity index (χ1) is 8.65. The van der Waals surface area contributed by atoms with Crippen LogP contribution in [0.15, 0.2) is 30.3 Å². The fraction of sp³-hybridized carbons (Fsp3) is 0.429. The van der Waals surface area contributed by atoms with Crippen molar-refractivity contribution in [3.8, 4) is 0 Å². The van der Waals surface area contributed by atoms with E-state index >= 15 is 0 Å². The molecule has 2 N–H and O–H groups in total. The van der Waals surface area contributed by atoms with Gasteiger partial charge in [0.05, 0.1) is 5.92 Å². The van der Waals surface area contributed by atoms with Crippen LogP contribution in [0.5, 0.6) is 0 Å². The normalized spacial score (nSPS) is 11.8. The zero-order valence-electron chi connectivity index (χ0n) is 10.6.